The van der Waals surface area contributed by atoms with Gasteiger partial charge in [-0.3, -0.25) is 0 Å². The molecule has 0 N–H and O–H groups in total. The van der Waals surface area contributed by atoms with Crippen LogP contribution in [0.5, 0.6) is 0 Å². The summed E-state index contributed by atoms with van der Waals surface area (Å²) < 4.78 is 1.71. The van der Waals surface area contributed by atoms with Crippen molar-refractivity contribution < 1.29 is 4.84 Å². The lowest BCUT2D eigenvalue weighted by atomic mass is 10.0. The van der Waals surface area contributed by atoms with Crippen LogP contribution in [0.25, 0.3) is 11.1 Å². The highest BCUT2D eigenvalue weighted by Crippen LogP contribution is 2.22. The summed E-state index contributed by atoms with van der Waals surface area (Å²) in [6.07, 6.45) is 3.15. The molecule has 0 bridgehead atoms. The Hall–Kier alpha value is -3.15. The molecule has 7 heteroatoms. The molecule has 0 spiro atoms. The third kappa shape index (κ3) is 5.26. The smallest absolute Gasteiger partial charge is 0.142 e. The molecule has 0 unspecified atom stereocenters. The monoisotopic (exact) mass is 436 g/mol. The van der Waals surface area contributed by atoms with Crippen LogP contribution < -0.4 is 0 Å². The van der Waals surface area contributed by atoms with E-state index in [2.05, 4.69) is 27.4 Å². The third-order valence-corrected chi connectivity index (χ3v) is 5.00. The normalized spacial score (nSPS) is 11.5. The average Bonchev–Trinajstić information content (AvgIpc) is 3.28. The van der Waals surface area contributed by atoms with Crippen LogP contribution in [-0.2, 0) is 18.0 Å². The van der Waals surface area contributed by atoms with E-state index in [1.165, 1.54) is 6.33 Å². The van der Waals surface area contributed by atoms with Crippen LogP contribution in [0, 0.1) is 0 Å². The van der Waals surface area contributed by atoms with Gasteiger partial charge in [0.1, 0.15) is 25.0 Å². The van der Waals surface area contributed by atoms with Gasteiger partial charge in [-0.15, -0.1) is 0 Å². The maximum Gasteiger partial charge on any atom is 0.142 e. The molecule has 0 radical (unpaired) electrons. The van der Waals surface area contributed by atoms with E-state index in [0.29, 0.717) is 18.2 Å². The zero-order valence-electron chi connectivity index (χ0n) is 16.0. The number of hydrogen-bond donors (Lipinski definition) is 0. The van der Waals surface area contributed by atoms with Crippen molar-refractivity contribution in [3.05, 3.63) is 107 Å². The fraction of sp³-hybridized carbons (Fsp3) is 0.0870. The minimum atomic E-state index is 0.348. The Kier molecular flexibility index (Phi) is 6.42. The van der Waals surface area contributed by atoms with Crippen LogP contribution >= 0.6 is 23.2 Å². The molecular weight excluding hydrogens is 419 g/mol. The fourth-order valence-corrected chi connectivity index (χ4v) is 3.16. The van der Waals surface area contributed by atoms with Gasteiger partial charge in [-0.2, -0.15) is 5.10 Å². The molecule has 150 valence electrons. The van der Waals surface area contributed by atoms with Crippen molar-refractivity contribution in [2.24, 2.45) is 5.16 Å². The summed E-state index contributed by atoms with van der Waals surface area (Å²) in [5.41, 5.74) is 4.87. The SMILES string of the molecule is Clc1ccc(CON=C(Cn2cncn2)c2ccc(-c3ccc(Cl)cc3)cc2)cc1. The summed E-state index contributed by atoms with van der Waals surface area (Å²) in [7, 11) is 0. The second-order valence-electron chi connectivity index (χ2n) is 6.62. The second kappa shape index (κ2) is 9.57. The summed E-state index contributed by atoms with van der Waals surface area (Å²) in [4.78, 5) is 9.62. The van der Waals surface area contributed by atoms with Gasteiger partial charge in [-0.25, -0.2) is 9.67 Å². The summed E-state index contributed by atoms with van der Waals surface area (Å²) in [5, 5.41) is 9.96. The summed E-state index contributed by atoms with van der Waals surface area (Å²) in [6.45, 7) is 0.793. The Bertz CT molecular complexity index is 1110. The zero-order valence-corrected chi connectivity index (χ0v) is 17.5. The van der Waals surface area contributed by atoms with Gasteiger partial charge in [0.15, 0.2) is 0 Å². The largest absolute Gasteiger partial charge is 0.391 e. The molecule has 0 aliphatic rings. The van der Waals surface area contributed by atoms with Crippen LogP contribution in [0.2, 0.25) is 10.0 Å². The molecular formula is C23H18Cl2N4O. The van der Waals surface area contributed by atoms with E-state index >= 15 is 0 Å². The van der Waals surface area contributed by atoms with Crippen molar-refractivity contribution >= 4 is 28.9 Å². The molecule has 1 heterocycles. The minimum absolute atomic E-state index is 0.348. The number of benzene rings is 3. The fourth-order valence-electron chi connectivity index (χ4n) is 2.90. The molecule has 4 rings (SSSR count). The van der Waals surface area contributed by atoms with Crippen molar-refractivity contribution in [3.8, 4) is 11.1 Å². The number of oxime groups is 1. The first-order valence-electron chi connectivity index (χ1n) is 9.29. The lowest BCUT2D eigenvalue weighted by molar-refractivity contribution is 0.130. The number of halogens is 2. The molecule has 0 aliphatic carbocycles. The quantitative estimate of drug-likeness (QED) is 0.268. The molecule has 0 atom stereocenters. The average molecular weight is 437 g/mol. The predicted octanol–water partition coefficient (Wildman–Crippen LogP) is 5.87. The Balaban J connectivity index is 1.53. The van der Waals surface area contributed by atoms with Gasteiger partial charge in [0.05, 0.1) is 6.54 Å². The topological polar surface area (TPSA) is 52.3 Å². The van der Waals surface area contributed by atoms with Crippen molar-refractivity contribution in [2.45, 2.75) is 13.2 Å². The van der Waals surface area contributed by atoms with Crippen molar-refractivity contribution in [2.75, 3.05) is 0 Å². The molecule has 0 fully saturated rings. The van der Waals surface area contributed by atoms with Gasteiger partial charge < -0.3 is 4.84 Å². The highest BCUT2D eigenvalue weighted by Gasteiger charge is 2.08. The van der Waals surface area contributed by atoms with E-state index in [9.17, 15) is 0 Å². The number of rotatable bonds is 7. The Morgan fingerprint density at radius 2 is 1.43 bits per heavy atom. The van der Waals surface area contributed by atoms with E-state index in [0.717, 1.165) is 33.0 Å². The molecule has 1 aromatic heterocycles. The molecule has 30 heavy (non-hydrogen) atoms. The van der Waals surface area contributed by atoms with Crippen molar-refractivity contribution in [1.29, 1.82) is 0 Å². The van der Waals surface area contributed by atoms with E-state index < -0.39 is 0 Å². The standard InChI is InChI=1S/C23H18Cl2N4O/c24-21-9-1-17(2-10-21)14-30-28-23(13-29-16-26-15-27-29)20-5-3-18(4-6-20)19-7-11-22(25)12-8-19/h1-12,15-16H,13-14H2. The van der Waals surface area contributed by atoms with Crippen LogP contribution in [0.15, 0.2) is 90.6 Å². The Morgan fingerprint density at radius 3 is 2.03 bits per heavy atom. The van der Waals surface area contributed by atoms with Crippen LogP contribution in [0.1, 0.15) is 11.1 Å². The zero-order chi connectivity index (χ0) is 20.8. The molecule has 5 nitrogen and oxygen atoms in total. The number of hydrogen-bond acceptors (Lipinski definition) is 4. The van der Waals surface area contributed by atoms with E-state index in [1.807, 2.05) is 60.7 Å². The summed E-state index contributed by atoms with van der Waals surface area (Å²) in [5.74, 6) is 0. The molecule has 0 amide bonds. The molecule has 0 aliphatic heterocycles. The third-order valence-electron chi connectivity index (χ3n) is 4.49. The van der Waals surface area contributed by atoms with Crippen LogP contribution in [0.4, 0.5) is 0 Å². The van der Waals surface area contributed by atoms with Crippen molar-refractivity contribution in [1.82, 2.24) is 14.8 Å². The van der Waals surface area contributed by atoms with E-state index in [1.54, 1.807) is 11.0 Å². The van der Waals surface area contributed by atoms with Crippen LogP contribution in [0.3, 0.4) is 0 Å². The second-order valence-corrected chi connectivity index (χ2v) is 7.49. The first-order chi connectivity index (χ1) is 14.7. The number of aromatic nitrogens is 3. The maximum absolute atomic E-state index is 5.98. The lowest BCUT2D eigenvalue weighted by Crippen LogP contribution is -2.13. The highest BCUT2D eigenvalue weighted by molar-refractivity contribution is 6.30. The van der Waals surface area contributed by atoms with E-state index in [4.69, 9.17) is 28.0 Å². The number of nitrogens with zero attached hydrogens (tertiary/aromatic N) is 4. The molecule has 4 aromatic rings. The van der Waals surface area contributed by atoms with Gasteiger partial charge >= 0.3 is 0 Å². The molecule has 0 saturated heterocycles. The van der Waals surface area contributed by atoms with Crippen molar-refractivity contribution in [3.63, 3.8) is 0 Å². The van der Waals surface area contributed by atoms with Crippen LogP contribution in [-0.4, -0.2) is 20.5 Å². The van der Waals surface area contributed by atoms with Gasteiger partial charge in [0.25, 0.3) is 0 Å². The predicted molar refractivity (Wildman–Crippen MR) is 120 cm³/mol. The Labute approximate surface area is 184 Å². The first kappa shape index (κ1) is 20.1. The Morgan fingerprint density at radius 1 is 0.833 bits per heavy atom. The summed E-state index contributed by atoms with van der Waals surface area (Å²) >= 11 is 11.9. The molecule has 0 saturated carbocycles. The molecule has 3 aromatic carbocycles. The summed E-state index contributed by atoms with van der Waals surface area (Å²) in [6, 6.07) is 23.4. The maximum atomic E-state index is 5.98. The van der Waals surface area contributed by atoms with Gasteiger partial charge in [0.2, 0.25) is 0 Å². The minimum Gasteiger partial charge on any atom is -0.391 e. The highest BCUT2D eigenvalue weighted by atomic mass is 35.5. The van der Waals surface area contributed by atoms with Gasteiger partial charge in [-0.05, 0) is 41.0 Å². The first-order valence-corrected chi connectivity index (χ1v) is 10.0. The lowest BCUT2D eigenvalue weighted by Gasteiger charge is -2.09. The van der Waals surface area contributed by atoms with E-state index in [-0.39, 0.29) is 0 Å². The van der Waals surface area contributed by atoms with Gasteiger partial charge in [0, 0.05) is 15.6 Å². The van der Waals surface area contributed by atoms with Gasteiger partial charge in [-0.1, -0.05) is 76.9 Å².